The monoisotopic (exact) mass is 288 g/mol. The number of nitrogens with zero attached hydrogens (tertiary/aromatic N) is 1. The van der Waals surface area contributed by atoms with Crippen LogP contribution in [-0.4, -0.2) is 18.3 Å². The van der Waals surface area contributed by atoms with Crippen LogP contribution in [-0.2, 0) is 17.9 Å². The molecule has 1 aromatic carbocycles. The fourth-order valence-corrected chi connectivity index (χ4v) is 2.04. The number of pyridine rings is 1. The summed E-state index contributed by atoms with van der Waals surface area (Å²) < 4.78 is 12.4. The first kappa shape index (κ1) is 15.1. The molecule has 5 heteroatoms. The Hall–Kier alpha value is -2.27. The minimum atomic E-state index is -0.0497. The Morgan fingerprint density at radius 1 is 1.24 bits per heavy atom. The van der Waals surface area contributed by atoms with E-state index in [0.29, 0.717) is 25.4 Å². The molecule has 5 nitrogen and oxygen atoms in total. The second kappa shape index (κ2) is 7.50. The lowest BCUT2D eigenvalue weighted by Crippen LogP contribution is -2.20. The molecule has 0 aliphatic carbocycles. The first-order valence-corrected chi connectivity index (χ1v) is 6.85. The number of benzene rings is 1. The van der Waals surface area contributed by atoms with Crippen LogP contribution in [0.3, 0.4) is 0 Å². The Balaban J connectivity index is 1.83. The Bertz CT molecular complexity index is 637. The number of aromatic nitrogens is 1. The number of nitrogens with two attached hydrogens (primary N) is 1. The molecule has 0 amide bonds. The number of rotatable bonds is 7. The van der Waals surface area contributed by atoms with Crippen molar-refractivity contribution in [2.24, 2.45) is 0 Å². The summed E-state index contributed by atoms with van der Waals surface area (Å²) >= 11 is 0. The van der Waals surface area contributed by atoms with Crippen molar-refractivity contribution in [3.63, 3.8) is 0 Å². The summed E-state index contributed by atoms with van der Waals surface area (Å²) in [7, 11) is 1.66. The van der Waals surface area contributed by atoms with Gasteiger partial charge in [-0.3, -0.25) is 4.79 Å². The van der Waals surface area contributed by atoms with Gasteiger partial charge in [-0.15, -0.1) is 0 Å². The van der Waals surface area contributed by atoms with Crippen molar-refractivity contribution < 1.29 is 9.47 Å². The normalized spacial score (nSPS) is 10.5. The zero-order chi connectivity index (χ0) is 15.1. The highest BCUT2D eigenvalue weighted by Crippen LogP contribution is 2.14. The van der Waals surface area contributed by atoms with E-state index in [1.807, 2.05) is 24.3 Å². The van der Waals surface area contributed by atoms with E-state index < -0.39 is 0 Å². The molecule has 0 saturated heterocycles. The van der Waals surface area contributed by atoms with Gasteiger partial charge in [0.15, 0.2) is 0 Å². The molecule has 0 fully saturated rings. The molecular weight excluding hydrogens is 268 g/mol. The van der Waals surface area contributed by atoms with Gasteiger partial charge in [0, 0.05) is 31.6 Å². The molecule has 0 atom stereocenters. The largest absolute Gasteiger partial charge is 0.494 e. The molecule has 1 aromatic heterocycles. The maximum Gasteiger partial charge on any atom is 0.250 e. The van der Waals surface area contributed by atoms with E-state index in [9.17, 15) is 4.79 Å². The number of methoxy groups -OCH3 is 1. The van der Waals surface area contributed by atoms with Crippen molar-refractivity contribution in [3.8, 4) is 5.75 Å². The zero-order valence-corrected chi connectivity index (χ0v) is 12.1. The lowest BCUT2D eigenvalue weighted by molar-refractivity contribution is 0.184. The molecular formula is C16H20N2O3. The SMILES string of the molecule is COCc1cccc(OCCCn2cc(N)ccc2=O)c1. The quantitative estimate of drug-likeness (QED) is 0.792. The van der Waals surface area contributed by atoms with Gasteiger partial charge < -0.3 is 19.8 Å². The van der Waals surface area contributed by atoms with Gasteiger partial charge in [-0.05, 0) is 30.2 Å². The lowest BCUT2D eigenvalue weighted by atomic mass is 10.2. The Morgan fingerprint density at radius 2 is 2.10 bits per heavy atom. The number of ether oxygens (including phenoxy) is 2. The summed E-state index contributed by atoms with van der Waals surface area (Å²) in [6, 6.07) is 10.9. The summed E-state index contributed by atoms with van der Waals surface area (Å²) in [5.41, 5.74) is 7.27. The van der Waals surface area contributed by atoms with Crippen molar-refractivity contribution in [1.82, 2.24) is 4.57 Å². The predicted octanol–water partition coefficient (Wildman–Crippen LogP) is 2.05. The molecule has 0 aliphatic rings. The van der Waals surface area contributed by atoms with Gasteiger partial charge in [0.05, 0.1) is 13.2 Å². The first-order valence-electron chi connectivity index (χ1n) is 6.85. The molecule has 112 valence electrons. The van der Waals surface area contributed by atoms with E-state index in [-0.39, 0.29) is 5.56 Å². The lowest BCUT2D eigenvalue weighted by Gasteiger charge is -2.09. The van der Waals surface area contributed by atoms with E-state index in [1.54, 1.807) is 23.9 Å². The van der Waals surface area contributed by atoms with E-state index in [2.05, 4.69) is 0 Å². The molecule has 0 unspecified atom stereocenters. The van der Waals surface area contributed by atoms with E-state index in [1.165, 1.54) is 6.07 Å². The second-order valence-corrected chi connectivity index (χ2v) is 4.78. The number of hydrogen-bond donors (Lipinski definition) is 1. The van der Waals surface area contributed by atoms with Gasteiger partial charge in [-0.1, -0.05) is 12.1 Å². The second-order valence-electron chi connectivity index (χ2n) is 4.78. The molecule has 1 heterocycles. The third kappa shape index (κ3) is 4.65. The summed E-state index contributed by atoms with van der Waals surface area (Å²) in [6.07, 6.45) is 2.39. The fourth-order valence-electron chi connectivity index (χ4n) is 2.04. The standard InChI is InChI=1S/C16H20N2O3/c1-20-12-13-4-2-5-15(10-13)21-9-3-8-18-11-14(17)6-7-16(18)19/h2,4-7,10-11H,3,8-9,12,17H2,1H3. The summed E-state index contributed by atoms with van der Waals surface area (Å²) in [5, 5.41) is 0. The van der Waals surface area contributed by atoms with E-state index in [0.717, 1.165) is 17.7 Å². The van der Waals surface area contributed by atoms with Gasteiger partial charge in [0.25, 0.3) is 5.56 Å². The van der Waals surface area contributed by atoms with Gasteiger partial charge >= 0.3 is 0 Å². The first-order chi connectivity index (χ1) is 10.2. The van der Waals surface area contributed by atoms with E-state index >= 15 is 0 Å². The highest BCUT2D eigenvalue weighted by Gasteiger charge is 1.99. The van der Waals surface area contributed by atoms with Crippen LogP contribution in [0.2, 0.25) is 0 Å². The molecule has 0 saturated carbocycles. The van der Waals surface area contributed by atoms with Crippen LogP contribution in [0.15, 0.2) is 47.4 Å². The van der Waals surface area contributed by atoms with Crippen molar-refractivity contribution in [3.05, 3.63) is 58.5 Å². The van der Waals surface area contributed by atoms with Crippen molar-refractivity contribution >= 4 is 5.69 Å². The van der Waals surface area contributed by atoms with Gasteiger partial charge in [0.1, 0.15) is 5.75 Å². The third-order valence-corrected chi connectivity index (χ3v) is 3.03. The minimum absolute atomic E-state index is 0.0497. The fraction of sp³-hybridized carbons (Fsp3) is 0.312. The average Bonchev–Trinajstić information content (AvgIpc) is 2.48. The molecule has 0 aliphatic heterocycles. The van der Waals surface area contributed by atoms with Crippen LogP contribution in [0.25, 0.3) is 0 Å². The third-order valence-electron chi connectivity index (χ3n) is 3.03. The van der Waals surface area contributed by atoms with Gasteiger partial charge in [0.2, 0.25) is 0 Å². The average molecular weight is 288 g/mol. The summed E-state index contributed by atoms with van der Waals surface area (Å²) in [5.74, 6) is 0.810. The van der Waals surface area contributed by atoms with Crippen molar-refractivity contribution in [1.29, 1.82) is 0 Å². The maximum atomic E-state index is 11.6. The molecule has 21 heavy (non-hydrogen) atoms. The molecule has 2 N–H and O–H groups in total. The van der Waals surface area contributed by atoms with Crippen LogP contribution in [0, 0.1) is 0 Å². The molecule has 2 aromatic rings. The maximum absolute atomic E-state index is 11.6. The van der Waals surface area contributed by atoms with Gasteiger partial charge in [-0.25, -0.2) is 0 Å². The Labute approximate surface area is 123 Å². The van der Waals surface area contributed by atoms with E-state index in [4.69, 9.17) is 15.2 Å². The zero-order valence-electron chi connectivity index (χ0n) is 12.1. The van der Waals surface area contributed by atoms with Crippen LogP contribution in [0.4, 0.5) is 5.69 Å². The molecule has 0 spiro atoms. The number of hydrogen-bond acceptors (Lipinski definition) is 4. The minimum Gasteiger partial charge on any atom is -0.494 e. The van der Waals surface area contributed by atoms with Crippen molar-refractivity contribution in [2.75, 3.05) is 19.5 Å². The molecule has 0 bridgehead atoms. The number of nitrogen functional groups attached to an aromatic ring is 1. The predicted molar refractivity (Wildman–Crippen MR) is 82.4 cm³/mol. The van der Waals surface area contributed by atoms with Crippen LogP contribution < -0.4 is 16.0 Å². The Kier molecular flexibility index (Phi) is 5.40. The number of aryl methyl sites for hydroxylation is 1. The Morgan fingerprint density at radius 3 is 2.90 bits per heavy atom. The molecule has 2 rings (SSSR count). The molecule has 0 radical (unpaired) electrons. The van der Waals surface area contributed by atoms with Crippen LogP contribution in [0.5, 0.6) is 5.75 Å². The summed E-state index contributed by atoms with van der Waals surface area (Å²) in [4.78, 5) is 11.6. The topological polar surface area (TPSA) is 66.5 Å². The highest BCUT2D eigenvalue weighted by atomic mass is 16.5. The van der Waals surface area contributed by atoms with Crippen LogP contribution >= 0.6 is 0 Å². The van der Waals surface area contributed by atoms with Gasteiger partial charge in [-0.2, -0.15) is 0 Å². The van der Waals surface area contributed by atoms with Crippen LogP contribution in [0.1, 0.15) is 12.0 Å². The smallest absolute Gasteiger partial charge is 0.250 e. The van der Waals surface area contributed by atoms with Crippen molar-refractivity contribution in [2.45, 2.75) is 19.6 Å². The highest BCUT2D eigenvalue weighted by molar-refractivity contribution is 5.33. The number of anilines is 1. The summed E-state index contributed by atoms with van der Waals surface area (Å²) in [6.45, 7) is 1.69.